The molecule has 0 radical (unpaired) electrons. The van der Waals surface area contributed by atoms with Gasteiger partial charge in [0.2, 0.25) is 5.89 Å². The highest BCUT2D eigenvalue weighted by molar-refractivity contribution is 4.96. The van der Waals surface area contributed by atoms with Gasteiger partial charge in [-0.25, -0.2) is 0 Å². The van der Waals surface area contributed by atoms with Crippen molar-refractivity contribution in [2.45, 2.75) is 56.3 Å². The molecule has 0 aromatic carbocycles. The third-order valence-corrected chi connectivity index (χ3v) is 4.85. The van der Waals surface area contributed by atoms with E-state index < -0.39 is 11.8 Å². The maximum Gasteiger partial charge on any atom is 0.417 e. The van der Waals surface area contributed by atoms with Crippen molar-refractivity contribution in [2.24, 2.45) is 0 Å². The summed E-state index contributed by atoms with van der Waals surface area (Å²) in [5.74, 6) is 1.25. The maximum atomic E-state index is 13.0. The van der Waals surface area contributed by atoms with E-state index in [1.807, 2.05) is 4.90 Å². The highest BCUT2D eigenvalue weighted by Gasteiger charge is 2.53. The van der Waals surface area contributed by atoms with Gasteiger partial charge in [0.05, 0.1) is 6.54 Å². The van der Waals surface area contributed by atoms with Crippen LogP contribution in [0.25, 0.3) is 0 Å². The monoisotopic (exact) mass is 349 g/mol. The zero-order valence-electron chi connectivity index (χ0n) is 13.4. The summed E-state index contributed by atoms with van der Waals surface area (Å²) in [7, 11) is 0. The van der Waals surface area contributed by atoms with Gasteiger partial charge in [0.15, 0.2) is 11.4 Å². The molecule has 1 unspecified atom stereocenters. The van der Waals surface area contributed by atoms with Crippen molar-refractivity contribution in [3.8, 4) is 0 Å². The molecule has 9 heteroatoms. The van der Waals surface area contributed by atoms with E-state index in [0.29, 0.717) is 38.0 Å². The Bertz CT molecular complexity index is 546. The normalized spacial score (nSPS) is 28.0. The molecule has 0 bridgehead atoms. The van der Waals surface area contributed by atoms with Gasteiger partial charge in [-0.05, 0) is 38.6 Å². The zero-order valence-corrected chi connectivity index (χ0v) is 13.4. The Hall–Kier alpha value is -1.19. The summed E-state index contributed by atoms with van der Waals surface area (Å²) in [6.45, 7) is 2.30. The number of likely N-dealkylation sites (tertiary alicyclic amines) is 1. The first-order chi connectivity index (χ1) is 11.4. The summed E-state index contributed by atoms with van der Waals surface area (Å²) in [6, 6.07) is 0. The van der Waals surface area contributed by atoms with Crippen LogP contribution in [0.15, 0.2) is 4.52 Å². The van der Waals surface area contributed by atoms with Gasteiger partial charge in [-0.2, -0.15) is 18.2 Å². The summed E-state index contributed by atoms with van der Waals surface area (Å²) in [4.78, 5) is 6.22. The Labute approximate surface area is 138 Å². The van der Waals surface area contributed by atoms with Crippen LogP contribution >= 0.6 is 0 Å². The van der Waals surface area contributed by atoms with Crippen molar-refractivity contribution < 1.29 is 27.5 Å². The number of ether oxygens (including phenoxy) is 1. The lowest BCUT2D eigenvalue weighted by molar-refractivity contribution is -0.263. The van der Waals surface area contributed by atoms with Crippen LogP contribution in [0, 0.1) is 0 Å². The average molecular weight is 349 g/mol. The molecule has 1 N–H and O–H groups in total. The molecule has 3 rings (SSSR count). The van der Waals surface area contributed by atoms with Crippen LogP contribution in [0.4, 0.5) is 13.2 Å². The van der Waals surface area contributed by atoms with E-state index in [0.717, 1.165) is 12.8 Å². The fourth-order valence-corrected chi connectivity index (χ4v) is 3.26. The zero-order chi connectivity index (χ0) is 17.2. The van der Waals surface area contributed by atoms with Gasteiger partial charge >= 0.3 is 6.18 Å². The van der Waals surface area contributed by atoms with Gasteiger partial charge in [0.25, 0.3) is 0 Å². The largest absolute Gasteiger partial charge is 0.417 e. The molecule has 0 spiro atoms. The minimum Gasteiger partial charge on any atom is -0.381 e. The first kappa shape index (κ1) is 17.6. The van der Waals surface area contributed by atoms with Gasteiger partial charge in [-0.3, -0.25) is 4.90 Å². The third kappa shape index (κ3) is 3.89. The molecule has 2 aliphatic rings. The van der Waals surface area contributed by atoms with Crippen molar-refractivity contribution in [3.05, 3.63) is 11.7 Å². The smallest absolute Gasteiger partial charge is 0.381 e. The number of halogens is 3. The number of nitrogens with zero attached hydrogens (tertiary/aromatic N) is 3. The quantitative estimate of drug-likeness (QED) is 0.902. The lowest BCUT2D eigenvalue weighted by Crippen LogP contribution is -2.45. The minimum atomic E-state index is -4.59. The fourth-order valence-electron chi connectivity index (χ4n) is 3.26. The van der Waals surface area contributed by atoms with Crippen LogP contribution in [0.1, 0.15) is 49.7 Å². The molecule has 3 heterocycles. The number of hydrogen-bond acceptors (Lipinski definition) is 6. The molecule has 136 valence electrons. The van der Waals surface area contributed by atoms with Crippen LogP contribution in [-0.4, -0.2) is 58.2 Å². The summed E-state index contributed by atoms with van der Waals surface area (Å²) >= 11 is 0. The van der Waals surface area contributed by atoms with E-state index in [1.165, 1.54) is 0 Å². The lowest BCUT2D eigenvalue weighted by atomic mass is 9.94. The molecule has 6 nitrogen and oxygen atoms in total. The molecule has 24 heavy (non-hydrogen) atoms. The molecule has 0 saturated carbocycles. The Morgan fingerprint density at radius 1 is 1.21 bits per heavy atom. The molecular formula is C15H22F3N3O3. The summed E-state index contributed by atoms with van der Waals surface area (Å²) in [6.07, 6.45) is -3.24. The Morgan fingerprint density at radius 2 is 1.96 bits per heavy atom. The van der Waals surface area contributed by atoms with E-state index in [2.05, 4.69) is 10.1 Å². The molecule has 0 aliphatic carbocycles. The predicted molar refractivity (Wildman–Crippen MR) is 77.2 cm³/mol. The van der Waals surface area contributed by atoms with Crippen LogP contribution in [0.3, 0.4) is 0 Å². The van der Waals surface area contributed by atoms with E-state index >= 15 is 0 Å². The fraction of sp³-hybridized carbons (Fsp3) is 0.867. The number of rotatable bonds is 3. The van der Waals surface area contributed by atoms with Crippen molar-refractivity contribution in [1.29, 1.82) is 0 Å². The molecule has 1 aromatic rings. The van der Waals surface area contributed by atoms with Crippen molar-refractivity contribution >= 4 is 0 Å². The number of aliphatic hydroxyl groups is 1. The Morgan fingerprint density at radius 3 is 2.67 bits per heavy atom. The van der Waals surface area contributed by atoms with Gasteiger partial charge in [-0.15, -0.1) is 0 Å². The summed E-state index contributed by atoms with van der Waals surface area (Å²) in [5.41, 5.74) is -2.59. The van der Waals surface area contributed by atoms with Gasteiger partial charge < -0.3 is 14.4 Å². The Balaban J connectivity index is 1.58. The van der Waals surface area contributed by atoms with Crippen LogP contribution in [0.2, 0.25) is 0 Å². The standard InChI is InChI=1S/C15H22F3N3O3/c16-15(17,18)14(22)4-1-6-21(7-5-14)10-12-19-13(24-20-12)11-2-8-23-9-3-11/h11,22H,1-10H2. The van der Waals surface area contributed by atoms with Crippen LogP contribution in [0.5, 0.6) is 0 Å². The third-order valence-electron chi connectivity index (χ3n) is 4.85. The van der Waals surface area contributed by atoms with Crippen molar-refractivity contribution in [3.63, 3.8) is 0 Å². The average Bonchev–Trinajstić information content (AvgIpc) is 2.92. The maximum absolute atomic E-state index is 13.0. The minimum absolute atomic E-state index is 0.150. The van der Waals surface area contributed by atoms with Crippen molar-refractivity contribution in [2.75, 3.05) is 26.3 Å². The number of aromatic nitrogens is 2. The van der Waals surface area contributed by atoms with Crippen molar-refractivity contribution in [1.82, 2.24) is 15.0 Å². The molecule has 1 aromatic heterocycles. The number of hydrogen-bond donors (Lipinski definition) is 1. The van der Waals surface area contributed by atoms with Crippen LogP contribution in [-0.2, 0) is 11.3 Å². The number of alkyl halides is 3. The molecule has 1 atom stereocenters. The second-order valence-electron chi connectivity index (χ2n) is 6.59. The molecular weight excluding hydrogens is 327 g/mol. The molecule has 2 aliphatic heterocycles. The van der Waals surface area contributed by atoms with Gasteiger partial charge in [0, 0.05) is 25.7 Å². The summed E-state index contributed by atoms with van der Waals surface area (Å²) < 4.78 is 49.4. The van der Waals surface area contributed by atoms with E-state index in [4.69, 9.17) is 9.26 Å². The van der Waals surface area contributed by atoms with Crippen LogP contribution < -0.4 is 0 Å². The van der Waals surface area contributed by atoms with Gasteiger partial charge in [0.1, 0.15) is 0 Å². The molecule has 2 saturated heterocycles. The van der Waals surface area contributed by atoms with E-state index in [-0.39, 0.29) is 31.7 Å². The topological polar surface area (TPSA) is 71.6 Å². The molecule has 2 fully saturated rings. The highest BCUT2D eigenvalue weighted by atomic mass is 19.4. The van der Waals surface area contributed by atoms with E-state index in [1.54, 1.807) is 0 Å². The summed E-state index contributed by atoms with van der Waals surface area (Å²) in [5, 5.41) is 13.8. The van der Waals surface area contributed by atoms with Gasteiger partial charge in [-0.1, -0.05) is 5.16 Å². The second kappa shape index (κ2) is 6.97. The molecule has 0 amide bonds. The first-order valence-electron chi connectivity index (χ1n) is 8.29. The first-order valence-corrected chi connectivity index (χ1v) is 8.29. The highest BCUT2D eigenvalue weighted by Crippen LogP contribution is 2.38. The second-order valence-corrected chi connectivity index (χ2v) is 6.59. The lowest BCUT2D eigenvalue weighted by Gasteiger charge is -2.29. The van der Waals surface area contributed by atoms with E-state index in [9.17, 15) is 18.3 Å². The Kier molecular flexibility index (Phi) is 5.12. The SMILES string of the molecule is OC1(C(F)(F)F)CCCN(Cc2noc(C3CCOCC3)n2)CC1. The predicted octanol–water partition coefficient (Wildman–Crippen LogP) is 2.24.